The van der Waals surface area contributed by atoms with Gasteiger partial charge >= 0.3 is 0 Å². The molecule has 1 aliphatic carbocycles. The highest BCUT2D eigenvalue weighted by Gasteiger charge is 2.22. The summed E-state index contributed by atoms with van der Waals surface area (Å²) in [6.07, 6.45) is 4.42. The molecule has 0 amide bonds. The van der Waals surface area contributed by atoms with Crippen molar-refractivity contribution in [2.75, 3.05) is 6.61 Å². The summed E-state index contributed by atoms with van der Waals surface area (Å²) in [7, 11) is 0. The minimum Gasteiger partial charge on any atom is -0.477 e. The van der Waals surface area contributed by atoms with E-state index in [4.69, 9.17) is 4.74 Å². The number of rotatable bonds is 3. The van der Waals surface area contributed by atoms with Crippen LogP contribution in [0.2, 0.25) is 0 Å². The Bertz CT molecular complexity index is 268. The molecule has 0 aliphatic heterocycles. The van der Waals surface area contributed by atoms with Gasteiger partial charge in [-0.25, -0.2) is 4.98 Å². The van der Waals surface area contributed by atoms with Gasteiger partial charge in [0.2, 0.25) is 5.88 Å². The molecule has 2 nitrogen and oxygen atoms in total. The van der Waals surface area contributed by atoms with Crippen LogP contribution in [0.1, 0.15) is 18.4 Å². The van der Waals surface area contributed by atoms with Crippen LogP contribution in [-0.2, 0) is 0 Å². The number of pyridine rings is 1. The monoisotopic (exact) mass is 163 g/mol. The second kappa shape index (κ2) is 3.13. The van der Waals surface area contributed by atoms with E-state index in [1.54, 1.807) is 6.20 Å². The van der Waals surface area contributed by atoms with Crippen LogP contribution in [0.4, 0.5) is 0 Å². The average Bonchev–Trinajstić information content (AvgIpc) is 2.86. The van der Waals surface area contributed by atoms with Gasteiger partial charge in [-0.3, -0.25) is 0 Å². The lowest BCUT2D eigenvalue weighted by Crippen LogP contribution is -2.01. The molecule has 0 atom stereocenters. The van der Waals surface area contributed by atoms with Crippen LogP contribution in [0.3, 0.4) is 0 Å². The SMILES string of the molecule is Cc1cccnc1OCC1CC1. The first-order valence-corrected chi connectivity index (χ1v) is 4.40. The third-order valence-corrected chi connectivity index (χ3v) is 2.11. The summed E-state index contributed by atoms with van der Waals surface area (Å²) >= 11 is 0. The van der Waals surface area contributed by atoms with Gasteiger partial charge in [0.05, 0.1) is 6.61 Å². The zero-order valence-corrected chi connectivity index (χ0v) is 7.29. The Morgan fingerprint density at radius 3 is 3.08 bits per heavy atom. The first-order chi connectivity index (χ1) is 5.86. The molecule has 0 unspecified atom stereocenters. The molecule has 0 bridgehead atoms. The molecule has 12 heavy (non-hydrogen) atoms. The number of hydrogen-bond donors (Lipinski definition) is 0. The molecule has 0 aromatic carbocycles. The second-order valence-electron chi connectivity index (χ2n) is 3.38. The van der Waals surface area contributed by atoms with E-state index in [0.717, 1.165) is 24.0 Å². The molecule has 0 radical (unpaired) electrons. The van der Waals surface area contributed by atoms with Crippen LogP contribution >= 0.6 is 0 Å². The van der Waals surface area contributed by atoms with Gasteiger partial charge in [-0.2, -0.15) is 0 Å². The van der Waals surface area contributed by atoms with Gasteiger partial charge in [0, 0.05) is 11.8 Å². The summed E-state index contributed by atoms with van der Waals surface area (Å²) < 4.78 is 5.55. The molecule has 1 aromatic rings. The van der Waals surface area contributed by atoms with Crippen LogP contribution in [-0.4, -0.2) is 11.6 Å². The highest BCUT2D eigenvalue weighted by molar-refractivity contribution is 5.23. The largest absolute Gasteiger partial charge is 0.477 e. The molecule has 0 saturated heterocycles. The van der Waals surface area contributed by atoms with Crippen molar-refractivity contribution < 1.29 is 4.74 Å². The maximum Gasteiger partial charge on any atom is 0.216 e. The van der Waals surface area contributed by atoms with Crippen molar-refractivity contribution in [3.05, 3.63) is 23.9 Å². The topological polar surface area (TPSA) is 22.1 Å². The standard InChI is InChI=1S/C10H13NO/c1-8-3-2-6-11-10(8)12-7-9-4-5-9/h2-3,6,9H,4-5,7H2,1H3. The second-order valence-corrected chi connectivity index (χ2v) is 3.38. The van der Waals surface area contributed by atoms with Crippen LogP contribution in [0.25, 0.3) is 0 Å². The van der Waals surface area contributed by atoms with Crippen LogP contribution in [0.15, 0.2) is 18.3 Å². The van der Waals surface area contributed by atoms with Crippen molar-refractivity contribution in [1.82, 2.24) is 4.98 Å². The highest BCUT2D eigenvalue weighted by Crippen LogP contribution is 2.29. The Morgan fingerprint density at radius 2 is 2.42 bits per heavy atom. The number of hydrogen-bond acceptors (Lipinski definition) is 2. The van der Waals surface area contributed by atoms with E-state index in [-0.39, 0.29) is 0 Å². The summed E-state index contributed by atoms with van der Waals surface area (Å²) in [6.45, 7) is 2.87. The molecular formula is C10H13NO. The van der Waals surface area contributed by atoms with Gasteiger partial charge in [-0.1, -0.05) is 6.07 Å². The number of aromatic nitrogens is 1. The third-order valence-electron chi connectivity index (χ3n) is 2.11. The minimum absolute atomic E-state index is 0.796. The van der Waals surface area contributed by atoms with E-state index in [1.807, 2.05) is 19.1 Å². The molecule has 2 rings (SSSR count). The molecule has 1 saturated carbocycles. The molecule has 1 aliphatic rings. The van der Waals surface area contributed by atoms with E-state index in [0.29, 0.717) is 0 Å². The van der Waals surface area contributed by atoms with Crippen molar-refractivity contribution in [2.45, 2.75) is 19.8 Å². The normalized spacial score (nSPS) is 16.1. The quantitative estimate of drug-likeness (QED) is 0.681. The van der Waals surface area contributed by atoms with Crippen molar-refractivity contribution in [3.8, 4) is 5.88 Å². The number of nitrogens with zero attached hydrogens (tertiary/aromatic N) is 1. The maximum absolute atomic E-state index is 5.55. The predicted molar refractivity (Wildman–Crippen MR) is 47.2 cm³/mol. The Hall–Kier alpha value is -1.05. The molecule has 0 N–H and O–H groups in total. The minimum atomic E-state index is 0.796. The molecule has 1 aromatic heterocycles. The van der Waals surface area contributed by atoms with Crippen LogP contribution < -0.4 is 4.74 Å². The third kappa shape index (κ3) is 1.76. The fourth-order valence-corrected chi connectivity index (χ4v) is 1.10. The number of aryl methyl sites for hydroxylation is 1. The molecule has 1 fully saturated rings. The van der Waals surface area contributed by atoms with Gasteiger partial charge in [0.1, 0.15) is 0 Å². The van der Waals surface area contributed by atoms with Crippen LogP contribution in [0, 0.1) is 12.8 Å². The summed E-state index contributed by atoms with van der Waals surface area (Å²) in [4.78, 5) is 4.16. The zero-order valence-electron chi connectivity index (χ0n) is 7.29. The van der Waals surface area contributed by atoms with E-state index in [9.17, 15) is 0 Å². The molecular weight excluding hydrogens is 150 g/mol. The molecule has 1 heterocycles. The van der Waals surface area contributed by atoms with Gasteiger partial charge in [-0.15, -0.1) is 0 Å². The Balaban J connectivity index is 1.96. The van der Waals surface area contributed by atoms with Crippen molar-refractivity contribution in [1.29, 1.82) is 0 Å². The Labute approximate surface area is 72.6 Å². The van der Waals surface area contributed by atoms with Gasteiger partial charge < -0.3 is 4.74 Å². The lowest BCUT2D eigenvalue weighted by molar-refractivity contribution is 0.286. The smallest absolute Gasteiger partial charge is 0.216 e. The van der Waals surface area contributed by atoms with Gasteiger partial charge in [-0.05, 0) is 31.7 Å². The molecule has 0 spiro atoms. The van der Waals surface area contributed by atoms with Gasteiger partial charge in [0.15, 0.2) is 0 Å². The highest BCUT2D eigenvalue weighted by atomic mass is 16.5. The zero-order chi connectivity index (χ0) is 8.39. The summed E-state index contributed by atoms with van der Waals surface area (Å²) in [5.74, 6) is 1.59. The summed E-state index contributed by atoms with van der Waals surface area (Å²) in [5, 5.41) is 0. The Kier molecular flexibility index (Phi) is 1.98. The molecule has 64 valence electrons. The Morgan fingerprint density at radius 1 is 1.58 bits per heavy atom. The summed E-state index contributed by atoms with van der Waals surface area (Å²) in [6, 6.07) is 3.95. The van der Waals surface area contributed by atoms with E-state index in [2.05, 4.69) is 4.98 Å². The first-order valence-electron chi connectivity index (χ1n) is 4.40. The van der Waals surface area contributed by atoms with E-state index in [1.165, 1.54) is 12.8 Å². The molecule has 2 heteroatoms. The lowest BCUT2D eigenvalue weighted by Gasteiger charge is -2.05. The number of ether oxygens (including phenoxy) is 1. The average molecular weight is 163 g/mol. The van der Waals surface area contributed by atoms with Crippen LogP contribution in [0.5, 0.6) is 5.88 Å². The van der Waals surface area contributed by atoms with Gasteiger partial charge in [0.25, 0.3) is 0 Å². The van der Waals surface area contributed by atoms with Crippen molar-refractivity contribution in [3.63, 3.8) is 0 Å². The fourth-order valence-electron chi connectivity index (χ4n) is 1.10. The van der Waals surface area contributed by atoms with E-state index >= 15 is 0 Å². The van der Waals surface area contributed by atoms with Crippen molar-refractivity contribution in [2.24, 2.45) is 5.92 Å². The van der Waals surface area contributed by atoms with E-state index < -0.39 is 0 Å². The summed E-state index contributed by atoms with van der Waals surface area (Å²) in [5.41, 5.74) is 1.12. The van der Waals surface area contributed by atoms with Crippen molar-refractivity contribution >= 4 is 0 Å². The lowest BCUT2D eigenvalue weighted by atomic mass is 10.3. The first kappa shape index (κ1) is 7.59. The fraction of sp³-hybridized carbons (Fsp3) is 0.500. The predicted octanol–water partition coefficient (Wildman–Crippen LogP) is 2.18. The maximum atomic E-state index is 5.55.